The summed E-state index contributed by atoms with van der Waals surface area (Å²) in [7, 11) is 0. The molecule has 0 amide bonds. The fourth-order valence-electron chi connectivity index (χ4n) is 1.72. The Balaban J connectivity index is 0.00000196. The molecule has 0 aliphatic heterocycles. The van der Waals surface area contributed by atoms with Gasteiger partial charge in [-0.25, -0.2) is 0 Å². The van der Waals surface area contributed by atoms with E-state index < -0.39 is 0 Å². The molecule has 15 heavy (non-hydrogen) atoms. The van der Waals surface area contributed by atoms with Crippen LogP contribution in [0, 0.1) is 19.8 Å². The predicted octanol–water partition coefficient (Wildman–Crippen LogP) is -0.363. The van der Waals surface area contributed by atoms with Crippen molar-refractivity contribution in [3.63, 3.8) is 0 Å². The van der Waals surface area contributed by atoms with E-state index in [1.807, 2.05) is 0 Å². The first-order chi connectivity index (χ1) is 6.50. The molecule has 1 aromatic rings. The fourth-order valence-corrected chi connectivity index (χ4v) is 1.72. The molecule has 0 radical (unpaired) electrons. The summed E-state index contributed by atoms with van der Waals surface area (Å²) in [5.74, 6) is 0.721. The standard InChI is InChI=1S/C13H21N.ClH/c1-9(2)7-13(14)12-6-5-10(3)11(4)8-12;/h5-6,8-9,13H,7,14H2,1-4H3;1H. The van der Waals surface area contributed by atoms with Crippen molar-refractivity contribution in [1.82, 2.24) is 0 Å². The largest absolute Gasteiger partial charge is 1.00 e. The van der Waals surface area contributed by atoms with E-state index >= 15 is 0 Å². The van der Waals surface area contributed by atoms with Crippen LogP contribution < -0.4 is 18.1 Å². The van der Waals surface area contributed by atoms with Gasteiger partial charge in [0.15, 0.2) is 0 Å². The first-order valence-electron chi connectivity index (χ1n) is 5.41. The van der Waals surface area contributed by atoms with E-state index in [-0.39, 0.29) is 12.4 Å². The van der Waals surface area contributed by atoms with Crippen molar-refractivity contribution in [3.8, 4) is 0 Å². The number of hydrogen-bond acceptors (Lipinski definition) is 0. The van der Waals surface area contributed by atoms with Gasteiger partial charge in [-0.3, -0.25) is 0 Å². The highest BCUT2D eigenvalue weighted by Crippen LogP contribution is 2.19. The topological polar surface area (TPSA) is 27.6 Å². The summed E-state index contributed by atoms with van der Waals surface area (Å²) in [6, 6.07) is 7.12. The highest BCUT2D eigenvalue weighted by molar-refractivity contribution is 5.30. The lowest BCUT2D eigenvalue weighted by Crippen LogP contribution is -3.00. The molecule has 0 bridgehead atoms. The van der Waals surface area contributed by atoms with E-state index in [0.29, 0.717) is 6.04 Å². The molecule has 0 heterocycles. The minimum absolute atomic E-state index is 0. The second-order valence-corrected chi connectivity index (χ2v) is 4.67. The van der Waals surface area contributed by atoms with Gasteiger partial charge in [-0.05, 0) is 37.0 Å². The van der Waals surface area contributed by atoms with Crippen LogP contribution in [0.1, 0.15) is 43.0 Å². The van der Waals surface area contributed by atoms with Gasteiger partial charge >= 0.3 is 0 Å². The average Bonchev–Trinajstić information content (AvgIpc) is 2.08. The monoisotopic (exact) mass is 227 g/mol. The molecule has 1 unspecified atom stereocenters. The summed E-state index contributed by atoms with van der Waals surface area (Å²) in [4.78, 5) is 0. The minimum Gasteiger partial charge on any atom is -1.00 e. The van der Waals surface area contributed by atoms with E-state index in [2.05, 4.69) is 51.6 Å². The van der Waals surface area contributed by atoms with Gasteiger partial charge in [-0.2, -0.15) is 0 Å². The Labute approximate surface area is 99.5 Å². The Kier molecular flexibility index (Phi) is 5.92. The zero-order valence-electron chi connectivity index (χ0n) is 10.2. The third kappa shape index (κ3) is 4.23. The van der Waals surface area contributed by atoms with E-state index in [9.17, 15) is 0 Å². The number of quaternary nitrogens is 1. The zero-order chi connectivity index (χ0) is 10.7. The van der Waals surface area contributed by atoms with Gasteiger partial charge in [0.25, 0.3) is 0 Å². The van der Waals surface area contributed by atoms with Gasteiger partial charge in [0.1, 0.15) is 6.04 Å². The van der Waals surface area contributed by atoms with E-state index in [0.717, 1.165) is 5.92 Å². The minimum atomic E-state index is 0. The fraction of sp³-hybridized carbons (Fsp3) is 0.538. The van der Waals surface area contributed by atoms with Crippen LogP contribution in [0.25, 0.3) is 0 Å². The molecule has 0 saturated heterocycles. The van der Waals surface area contributed by atoms with Crippen LogP contribution in [0.2, 0.25) is 0 Å². The third-order valence-corrected chi connectivity index (χ3v) is 2.76. The van der Waals surface area contributed by atoms with Crippen molar-refractivity contribution in [3.05, 3.63) is 34.9 Å². The van der Waals surface area contributed by atoms with Gasteiger partial charge < -0.3 is 18.1 Å². The van der Waals surface area contributed by atoms with Crippen molar-refractivity contribution in [2.45, 2.75) is 40.2 Å². The Morgan fingerprint density at radius 3 is 2.20 bits per heavy atom. The molecular weight excluding hydrogens is 206 g/mol. The molecule has 1 atom stereocenters. The molecule has 1 rings (SSSR count). The number of halogens is 1. The highest BCUT2D eigenvalue weighted by atomic mass is 35.5. The normalized spacial score (nSPS) is 12.4. The van der Waals surface area contributed by atoms with Gasteiger partial charge in [-0.1, -0.05) is 26.0 Å². The Bertz CT molecular complexity index is 307. The van der Waals surface area contributed by atoms with Crippen LogP contribution in [0.4, 0.5) is 0 Å². The lowest BCUT2D eigenvalue weighted by Gasteiger charge is -2.12. The molecule has 86 valence electrons. The van der Waals surface area contributed by atoms with Crippen LogP contribution in [0.3, 0.4) is 0 Å². The number of aryl methyl sites for hydroxylation is 2. The van der Waals surface area contributed by atoms with Gasteiger partial charge in [-0.15, -0.1) is 0 Å². The molecule has 0 aliphatic carbocycles. The lowest BCUT2D eigenvalue weighted by atomic mass is 9.95. The molecular formula is C13H22ClN. The van der Waals surface area contributed by atoms with Crippen LogP contribution in [-0.4, -0.2) is 0 Å². The number of benzene rings is 1. The Hall–Kier alpha value is -0.530. The molecule has 0 saturated carbocycles. The number of rotatable bonds is 3. The average molecular weight is 228 g/mol. The predicted molar refractivity (Wildman–Crippen MR) is 61.0 cm³/mol. The summed E-state index contributed by atoms with van der Waals surface area (Å²) in [6.45, 7) is 8.82. The van der Waals surface area contributed by atoms with Crippen molar-refractivity contribution >= 4 is 0 Å². The molecule has 0 fully saturated rings. The van der Waals surface area contributed by atoms with Gasteiger partial charge in [0, 0.05) is 12.0 Å². The summed E-state index contributed by atoms with van der Waals surface area (Å²) in [6.07, 6.45) is 1.17. The van der Waals surface area contributed by atoms with Crippen molar-refractivity contribution in [2.24, 2.45) is 5.92 Å². The second-order valence-electron chi connectivity index (χ2n) is 4.67. The third-order valence-electron chi connectivity index (χ3n) is 2.76. The summed E-state index contributed by atoms with van der Waals surface area (Å²) in [5.41, 5.74) is 8.34. The maximum atomic E-state index is 4.22. The molecule has 1 aromatic carbocycles. The van der Waals surface area contributed by atoms with Crippen LogP contribution >= 0.6 is 0 Å². The van der Waals surface area contributed by atoms with Crippen LogP contribution in [-0.2, 0) is 0 Å². The first-order valence-corrected chi connectivity index (χ1v) is 5.41. The highest BCUT2D eigenvalue weighted by Gasteiger charge is 2.11. The molecule has 1 nitrogen and oxygen atoms in total. The SMILES string of the molecule is Cc1ccc(C([NH3+])CC(C)C)cc1C.[Cl-]. The lowest BCUT2D eigenvalue weighted by molar-refractivity contribution is -0.429. The van der Waals surface area contributed by atoms with Crippen LogP contribution in [0.5, 0.6) is 0 Å². The quantitative estimate of drug-likeness (QED) is 0.731. The summed E-state index contributed by atoms with van der Waals surface area (Å²) >= 11 is 0. The van der Waals surface area contributed by atoms with Crippen LogP contribution in [0.15, 0.2) is 18.2 Å². The molecule has 0 aromatic heterocycles. The molecule has 3 N–H and O–H groups in total. The van der Waals surface area contributed by atoms with Crippen molar-refractivity contribution in [2.75, 3.05) is 0 Å². The van der Waals surface area contributed by atoms with Crippen molar-refractivity contribution < 1.29 is 18.1 Å². The maximum absolute atomic E-state index is 4.22. The van der Waals surface area contributed by atoms with Gasteiger partial charge in [0.05, 0.1) is 0 Å². The van der Waals surface area contributed by atoms with E-state index in [1.165, 1.54) is 23.1 Å². The zero-order valence-corrected chi connectivity index (χ0v) is 10.9. The Morgan fingerprint density at radius 2 is 1.73 bits per heavy atom. The maximum Gasteiger partial charge on any atom is 0.110 e. The van der Waals surface area contributed by atoms with E-state index in [4.69, 9.17) is 0 Å². The van der Waals surface area contributed by atoms with Crippen molar-refractivity contribution in [1.29, 1.82) is 0 Å². The molecule has 0 aliphatic rings. The molecule has 0 spiro atoms. The smallest absolute Gasteiger partial charge is 0.110 e. The summed E-state index contributed by atoms with van der Waals surface area (Å²) < 4.78 is 0. The number of hydrogen-bond donors (Lipinski definition) is 1. The van der Waals surface area contributed by atoms with Gasteiger partial charge in [0.2, 0.25) is 0 Å². The Morgan fingerprint density at radius 1 is 1.13 bits per heavy atom. The molecule has 2 heteroatoms. The van der Waals surface area contributed by atoms with E-state index in [1.54, 1.807) is 0 Å². The summed E-state index contributed by atoms with van der Waals surface area (Å²) in [5, 5.41) is 0. The first kappa shape index (κ1) is 14.5. The second kappa shape index (κ2) is 6.14.